The maximum Gasteiger partial charge on any atom is 0.205 e. The van der Waals surface area contributed by atoms with Gasteiger partial charge in [-0.15, -0.1) is 0 Å². The standard InChI is InChI=1S/C14H12FN3O/c1-19-11-4-2-3-10(8-11)18-13-6-5-9(15)7-12(13)17-14(18)16/h2-8H,1H3,(H2,16,17). The minimum absolute atomic E-state index is 0.314. The number of hydrogen-bond acceptors (Lipinski definition) is 3. The Bertz CT molecular complexity index is 752. The summed E-state index contributed by atoms with van der Waals surface area (Å²) in [5.41, 5.74) is 8.03. The first kappa shape index (κ1) is 11.5. The van der Waals surface area contributed by atoms with Gasteiger partial charge >= 0.3 is 0 Å². The highest BCUT2D eigenvalue weighted by Gasteiger charge is 2.11. The van der Waals surface area contributed by atoms with Gasteiger partial charge in [0.2, 0.25) is 5.95 Å². The number of imidazole rings is 1. The fraction of sp³-hybridized carbons (Fsp3) is 0.0714. The molecule has 1 aromatic heterocycles. The van der Waals surface area contributed by atoms with Crippen molar-refractivity contribution in [1.29, 1.82) is 0 Å². The molecule has 19 heavy (non-hydrogen) atoms. The van der Waals surface area contributed by atoms with Crippen LogP contribution in [0, 0.1) is 5.82 Å². The molecule has 1 heterocycles. The highest BCUT2D eigenvalue weighted by molar-refractivity contribution is 5.81. The molecule has 0 aliphatic heterocycles. The number of anilines is 1. The van der Waals surface area contributed by atoms with Gasteiger partial charge < -0.3 is 10.5 Å². The van der Waals surface area contributed by atoms with E-state index in [-0.39, 0.29) is 5.82 Å². The first-order valence-electron chi connectivity index (χ1n) is 5.77. The van der Waals surface area contributed by atoms with Crippen molar-refractivity contribution in [2.75, 3.05) is 12.8 Å². The summed E-state index contributed by atoms with van der Waals surface area (Å²) in [5.74, 6) is 0.706. The second-order valence-corrected chi connectivity index (χ2v) is 4.14. The first-order chi connectivity index (χ1) is 9.19. The minimum Gasteiger partial charge on any atom is -0.497 e. The van der Waals surface area contributed by atoms with E-state index in [4.69, 9.17) is 10.5 Å². The van der Waals surface area contributed by atoms with Gasteiger partial charge in [-0.3, -0.25) is 4.57 Å². The zero-order valence-corrected chi connectivity index (χ0v) is 10.3. The minimum atomic E-state index is -0.331. The van der Waals surface area contributed by atoms with E-state index in [2.05, 4.69) is 4.98 Å². The molecule has 3 rings (SSSR count). The van der Waals surface area contributed by atoms with Crippen LogP contribution in [0.25, 0.3) is 16.7 Å². The molecule has 4 nitrogen and oxygen atoms in total. The van der Waals surface area contributed by atoms with E-state index in [0.29, 0.717) is 11.5 Å². The first-order valence-corrected chi connectivity index (χ1v) is 5.77. The van der Waals surface area contributed by atoms with Gasteiger partial charge in [0.25, 0.3) is 0 Å². The topological polar surface area (TPSA) is 53.1 Å². The molecular weight excluding hydrogens is 245 g/mol. The third-order valence-corrected chi connectivity index (χ3v) is 2.95. The van der Waals surface area contributed by atoms with Crippen molar-refractivity contribution in [3.8, 4) is 11.4 Å². The Morgan fingerprint density at radius 2 is 2.05 bits per heavy atom. The number of ether oxygens (including phenoxy) is 1. The SMILES string of the molecule is COc1cccc(-n2c(N)nc3cc(F)ccc32)c1. The van der Waals surface area contributed by atoms with Crippen molar-refractivity contribution in [3.63, 3.8) is 0 Å². The molecule has 0 aliphatic carbocycles. The van der Waals surface area contributed by atoms with Gasteiger partial charge in [-0.25, -0.2) is 9.37 Å². The summed E-state index contributed by atoms with van der Waals surface area (Å²) in [6.45, 7) is 0. The zero-order valence-electron chi connectivity index (χ0n) is 10.3. The van der Waals surface area contributed by atoms with E-state index in [9.17, 15) is 4.39 Å². The van der Waals surface area contributed by atoms with E-state index in [1.807, 2.05) is 24.3 Å². The van der Waals surface area contributed by atoms with E-state index in [1.54, 1.807) is 17.7 Å². The van der Waals surface area contributed by atoms with Gasteiger partial charge in [-0.2, -0.15) is 0 Å². The molecule has 3 aromatic rings. The lowest BCUT2D eigenvalue weighted by atomic mass is 10.2. The van der Waals surface area contributed by atoms with Crippen molar-refractivity contribution in [2.45, 2.75) is 0 Å². The van der Waals surface area contributed by atoms with Crippen LogP contribution in [0.1, 0.15) is 0 Å². The molecular formula is C14H12FN3O. The van der Waals surface area contributed by atoms with Crippen LogP contribution in [0.4, 0.5) is 10.3 Å². The molecule has 0 radical (unpaired) electrons. The summed E-state index contributed by atoms with van der Waals surface area (Å²) in [4.78, 5) is 4.17. The number of nitrogen functional groups attached to an aromatic ring is 1. The van der Waals surface area contributed by atoms with Gasteiger partial charge in [0.1, 0.15) is 11.6 Å². The van der Waals surface area contributed by atoms with E-state index in [1.165, 1.54) is 12.1 Å². The van der Waals surface area contributed by atoms with E-state index < -0.39 is 0 Å². The Morgan fingerprint density at radius 3 is 2.84 bits per heavy atom. The van der Waals surface area contributed by atoms with Crippen molar-refractivity contribution >= 4 is 17.0 Å². The predicted octanol–water partition coefficient (Wildman–Crippen LogP) is 2.76. The fourth-order valence-corrected chi connectivity index (χ4v) is 2.09. The Labute approximate surface area is 109 Å². The summed E-state index contributed by atoms with van der Waals surface area (Å²) < 4.78 is 20.1. The van der Waals surface area contributed by atoms with Gasteiger partial charge in [0, 0.05) is 12.1 Å². The highest BCUT2D eigenvalue weighted by Crippen LogP contribution is 2.25. The molecule has 0 saturated heterocycles. The molecule has 0 unspecified atom stereocenters. The summed E-state index contributed by atoms with van der Waals surface area (Å²) >= 11 is 0. The number of hydrogen-bond donors (Lipinski definition) is 1. The number of halogens is 1. The van der Waals surface area contributed by atoms with Crippen LogP contribution in [-0.2, 0) is 0 Å². The van der Waals surface area contributed by atoms with Crippen molar-refractivity contribution in [2.24, 2.45) is 0 Å². The number of aromatic nitrogens is 2. The van der Waals surface area contributed by atoms with E-state index >= 15 is 0 Å². The molecule has 2 N–H and O–H groups in total. The smallest absolute Gasteiger partial charge is 0.205 e. The van der Waals surface area contributed by atoms with Gasteiger partial charge in [-0.1, -0.05) is 6.07 Å². The maximum absolute atomic E-state index is 13.2. The van der Waals surface area contributed by atoms with Gasteiger partial charge in [0.15, 0.2) is 0 Å². The molecule has 0 aliphatic rings. The number of nitrogens with zero attached hydrogens (tertiary/aromatic N) is 2. The molecule has 5 heteroatoms. The normalized spacial score (nSPS) is 10.8. The molecule has 0 fully saturated rings. The van der Waals surface area contributed by atoms with Crippen LogP contribution in [0.3, 0.4) is 0 Å². The summed E-state index contributed by atoms with van der Waals surface area (Å²) in [6.07, 6.45) is 0. The van der Waals surface area contributed by atoms with Crippen LogP contribution in [0.2, 0.25) is 0 Å². The lowest BCUT2D eigenvalue weighted by molar-refractivity contribution is 0.414. The lowest BCUT2D eigenvalue weighted by Crippen LogP contribution is -2.00. The Hall–Kier alpha value is -2.56. The second-order valence-electron chi connectivity index (χ2n) is 4.14. The van der Waals surface area contributed by atoms with Crippen molar-refractivity contribution < 1.29 is 9.13 Å². The highest BCUT2D eigenvalue weighted by atomic mass is 19.1. The number of methoxy groups -OCH3 is 1. The third kappa shape index (κ3) is 1.89. The Kier molecular flexibility index (Phi) is 2.59. The summed E-state index contributed by atoms with van der Waals surface area (Å²) in [7, 11) is 1.60. The quantitative estimate of drug-likeness (QED) is 0.768. The van der Waals surface area contributed by atoms with Crippen LogP contribution in [-0.4, -0.2) is 16.7 Å². The Balaban J connectivity index is 2.26. The molecule has 0 amide bonds. The number of fused-ring (bicyclic) bond motifs is 1. The Morgan fingerprint density at radius 1 is 1.21 bits per heavy atom. The molecule has 0 saturated carbocycles. The largest absolute Gasteiger partial charge is 0.497 e. The average Bonchev–Trinajstić information content (AvgIpc) is 2.73. The summed E-state index contributed by atoms with van der Waals surface area (Å²) in [6, 6.07) is 11.9. The molecule has 0 spiro atoms. The summed E-state index contributed by atoms with van der Waals surface area (Å²) in [5, 5.41) is 0. The van der Waals surface area contributed by atoms with Crippen LogP contribution in [0.15, 0.2) is 42.5 Å². The van der Waals surface area contributed by atoms with Gasteiger partial charge in [0.05, 0.1) is 23.8 Å². The fourth-order valence-electron chi connectivity index (χ4n) is 2.09. The number of rotatable bonds is 2. The molecule has 0 atom stereocenters. The lowest BCUT2D eigenvalue weighted by Gasteiger charge is -2.08. The number of benzene rings is 2. The van der Waals surface area contributed by atoms with Crippen LogP contribution < -0.4 is 10.5 Å². The van der Waals surface area contributed by atoms with Gasteiger partial charge in [-0.05, 0) is 24.3 Å². The molecule has 96 valence electrons. The third-order valence-electron chi connectivity index (χ3n) is 2.95. The van der Waals surface area contributed by atoms with Crippen LogP contribution >= 0.6 is 0 Å². The maximum atomic E-state index is 13.2. The van der Waals surface area contributed by atoms with Crippen molar-refractivity contribution in [1.82, 2.24) is 9.55 Å². The zero-order chi connectivity index (χ0) is 13.4. The van der Waals surface area contributed by atoms with Crippen LogP contribution in [0.5, 0.6) is 5.75 Å². The monoisotopic (exact) mass is 257 g/mol. The predicted molar refractivity (Wildman–Crippen MR) is 72.0 cm³/mol. The number of nitrogens with two attached hydrogens (primary N) is 1. The van der Waals surface area contributed by atoms with Crippen molar-refractivity contribution in [3.05, 3.63) is 48.3 Å². The molecule has 2 aromatic carbocycles. The average molecular weight is 257 g/mol. The van der Waals surface area contributed by atoms with E-state index in [0.717, 1.165) is 17.0 Å². The molecule has 0 bridgehead atoms. The second kappa shape index (κ2) is 4.28.